The number of aryl methyl sites for hydroxylation is 1. The van der Waals surface area contributed by atoms with Crippen LogP contribution in [0.15, 0.2) is 24.4 Å². The number of nitrogens with one attached hydrogen (secondary N) is 2. The average Bonchev–Trinajstić information content (AvgIpc) is 2.29. The standard InChI is InChI=1S/C12H16N4/c1-9-3-4-11-12(16-9)7-10(8-15-11)14-6-5-13-2/h3-4,7-8,13-14H,5-6H2,1-2H3. The molecule has 84 valence electrons. The first-order chi connectivity index (χ1) is 7.79. The van der Waals surface area contributed by atoms with Crippen LogP contribution in [0.5, 0.6) is 0 Å². The Labute approximate surface area is 95.1 Å². The molecule has 4 heteroatoms. The van der Waals surface area contributed by atoms with E-state index >= 15 is 0 Å². The number of rotatable bonds is 4. The van der Waals surface area contributed by atoms with E-state index in [0.717, 1.165) is 35.5 Å². The fraction of sp³-hybridized carbons (Fsp3) is 0.333. The molecule has 0 fully saturated rings. The molecule has 2 N–H and O–H groups in total. The number of hydrogen-bond donors (Lipinski definition) is 2. The SMILES string of the molecule is CNCCNc1cnc2ccc(C)nc2c1. The lowest BCUT2D eigenvalue weighted by molar-refractivity contribution is 0.823. The van der Waals surface area contributed by atoms with Crippen LogP contribution in [0.2, 0.25) is 0 Å². The molecular formula is C12H16N4. The Morgan fingerprint density at radius 2 is 2.06 bits per heavy atom. The van der Waals surface area contributed by atoms with Gasteiger partial charge in [0, 0.05) is 18.8 Å². The van der Waals surface area contributed by atoms with E-state index in [4.69, 9.17) is 0 Å². The third kappa shape index (κ3) is 2.46. The van der Waals surface area contributed by atoms with Crippen molar-refractivity contribution in [3.8, 4) is 0 Å². The largest absolute Gasteiger partial charge is 0.382 e. The van der Waals surface area contributed by atoms with Gasteiger partial charge in [-0.1, -0.05) is 0 Å². The highest BCUT2D eigenvalue weighted by Gasteiger charge is 1.98. The Bertz CT molecular complexity index is 481. The molecule has 2 rings (SSSR count). The predicted octanol–water partition coefficient (Wildman–Crippen LogP) is 1.57. The topological polar surface area (TPSA) is 49.8 Å². The lowest BCUT2D eigenvalue weighted by atomic mass is 10.2. The van der Waals surface area contributed by atoms with Gasteiger partial charge in [0.05, 0.1) is 22.9 Å². The van der Waals surface area contributed by atoms with E-state index in [0.29, 0.717) is 0 Å². The zero-order valence-corrected chi connectivity index (χ0v) is 9.62. The normalized spacial score (nSPS) is 10.6. The maximum Gasteiger partial charge on any atom is 0.0910 e. The van der Waals surface area contributed by atoms with E-state index in [-0.39, 0.29) is 0 Å². The highest BCUT2D eigenvalue weighted by atomic mass is 14.9. The maximum atomic E-state index is 4.45. The summed E-state index contributed by atoms with van der Waals surface area (Å²) < 4.78 is 0. The van der Waals surface area contributed by atoms with Gasteiger partial charge < -0.3 is 10.6 Å². The monoisotopic (exact) mass is 216 g/mol. The highest BCUT2D eigenvalue weighted by Crippen LogP contribution is 2.14. The van der Waals surface area contributed by atoms with Crippen LogP contribution < -0.4 is 10.6 Å². The van der Waals surface area contributed by atoms with Gasteiger partial charge in [-0.05, 0) is 32.2 Å². The fourth-order valence-corrected chi connectivity index (χ4v) is 1.54. The molecule has 0 spiro atoms. The van der Waals surface area contributed by atoms with Gasteiger partial charge in [0.2, 0.25) is 0 Å². The minimum Gasteiger partial charge on any atom is -0.382 e. The second-order valence-corrected chi connectivity index (χ2v) is 3.75. The molecule has 0 unspecified atom stereocenters. The summed E-state index contributed by atoms with van der Waals surface area (Å²) in [4.78, 5) is 8.80. The van der Waals surface area contributed by atoms with Crippen LogP contribution >= 0.6 is 0 Å². The van der Waals surface area contributed by atoms with Gasteiger partial charge >= 0.3 is 0 Å². The van der Waals surface area contributed by atoms with Crippen LogP contribution in [0, 0.1) is 6.92 Å². The number of aromatic nitrogens is 2. The van der Waals surface area contributed by atoms with Crippen molar-refractivity contribution in [1.82, 2.24) is 15.3 Å². The van der Waals surface area contributed by atoms with Crippen LogP contribution in [0.4, 0.5) is 5.69 Å². The predicted molar refractivity (Wildman–Crippen MR) is 66.7 cm³/mol. The van der Waals surface area contributed by atoms with E-state index in [1.807, 2.05) is 38.4 Å². The number of likely N-dealkylation sites (N-methyl/N-ethyl adjacent to an activating group) is 1. The van der Waals surface area contributed by atoms with Crippen LogP contribution in [0.25, 0.3) is 11.0 Å². The molecule has 0 aliphatic heterocycles. The summed E-state index contributed by atoms with van der Waals surface area (Å²) in [6.45, 7) is 3.80. The number of hydrogen-bond acceptors (Lipinski definition) is 4. The van der Waals surface area contributed by atoms with Gasteiger partial charge in [-0.25, -0.2) is 0 Å². The maximum absolute atomic E-state index is 4.45. The van der Waals surface area contributed by atoms with Crippen molar-refractivity contribution in [2.45, 2.75) is 6.92 Å². The molecule has 2 heterocycles. The summed E-state index contributed by atoms with van der Waals surface area (Å²) in [6, 6.07) is 6.00. The zero-order chi connectivity index (χ0) is 11.4. The number of nitrogens with zero attached hydrogens (tertiary/aromatic N) is 2. The summed E-state index contributed by atoms with van der Waals surface area (Å²) in [5.41, 5.74) is 3.90. The van der Waals surface area contributed by atoms with Crippen LogP contribution in [0.1, 0.15) is 5.69 Å². The molecule has 4 nitrogen and oxygen atoms in total. The van der Waals surface area contributed by atoms with Crippen molar-refractivity contribution in [2.75, 3.05) is 25.5 Å². The number of anilines is 1. The highest BCUT2D eigenvalue weighted by molar-refractivity contribution is 5.77. The molecule has 0 aliphatic carbocycles. The Morgan fingerprint density at radius 1 is 1.19 bits per heavy atom. The Morgan fingerprint density at radius 3 is 2.88 bits per heavy atom. The van der Waals surface area contributed by atoms with Crippen LogP contribution in [0.3, 0.4) is 0 Å². The second-order valence-electron chi connectivity index (χ2n) is 3.75. The molecule has 0 radical (unpaired) electrons. The first kappa shape index (κ1) is 10.8. The van der Waals surface area contributed by atoms with E-state index < -0.39 is 0 Å². The summed E-state index contributed by atoms with van der Waals surface area (Å²) in [7, 11) is 1.94. The van der Waals surface area contributed by atoms with Gasteiger partial charge in [-0.2, -0.15) is 0 Å². The van der Waals surface area contributed by atoms with Crippen molar-refractivity contribution in [1.29, 1.82) is 0 Å². The third-order valence-corrected chi connectivity index (χ3v) is 2.38. The van der Waals surface area contributed by atoms with Crippen molar-refractivity contribution in [3.05, 3.63) is 30.1 Å². The van der Waals surface area contributed by atoms with E-state index in [1.165, 1.54) is 0 Å². The average molecular weight is 216 g/mol. The Kier molecular flexibility index (Phi) is 3.31. The summed E-state index contributed by atoms with van der Waals surface area (Å²) in [5.74, 6) is 0. The molecule has 2 aromatic heterocycles. The van der Waals surface area contributed by atoms with Crippen LogP contribution in [-0.4, -0.2) is 30.1 Å². The molecule has 0 saturated carbocycles. The van der Waals surface area contributed by atoms with Crippen molar-refractivity contribution >= 4 is 16.7 Å². The van der Waals surface area contributed by atoms with E-state index in [1.54, 1.807) is 0 Å². The summed E-state index contributed by atoms with van der Waals surface area (Å²) in [5, 5.41) is 6.38. The third-order valence-electron chi connectivity index (χ3n) is 2.38. The smallest absolute Gasteiger partial charge is 0.0910 e. The molecule has 2 aromatic rings. The number of fused-ring (bicyclic) bond motifs is 1. The first-order valence-electron chi connectivity index (χ1n) is 5.41. The van der Waals surface area contributed by atoms with Crippen molar-refractivity contribution in [2.24, 2.45) is 0 Å². The first-order valence-corrected chi connectivity index (χ1v) is 5.41. The molecule has 0 atom stereocenters. The molecule has 16 heavy (non-hydrogen) atoms. The minimum absolute atomic E-state index is 0.884. The Balaban J connectivity index is 2.21. The number of pyridine rings is 2. The molecule has 0 aromatic carbocycles. The minimum atomic E-state index is 0.884. The van der Waals surface area contributed by atoms with Gasteiger partial charge in [0.1, 0.15) is 0 Å². The van der Waals surface area contributed by atoms with Crippen molar-refractivity contribution in [3.63, 3.8) is 0 Å². The van der Waals surface area contributed by atoms with Crippen LogP contribution in [-0.2, 0) is 0 Å². The Hall–Kier alpha value is -1.68. The van der Waals surface area contributed by atoms with E-state index in [2.05, 4.69) is 20.6 Å². The summed E-state index contributed by atoms with van der Waals surface area (Å²) in [6.07, 6.45) is 1.84. The van der Waals surface area contributed by atoms with Crippen molar-refractivity contribution < 1.29 is 0 Å². The molecular weight excluding hydrogens is 200 g/mol. The molecule has 0 bridgehead atoms. The van der Waals surface area contributed by atoms with Gasteiger partial charge in [-0.3, -0.25) is 9.97 Å². The van der Waals surface area contributed by atoms with Gasteiger partial charge in [0.25, 0.3) is 0 Å². The summed E-state index contributed by atoms with van der Waals surface area (Å²) >= 11 is 0. The second kappa shape index (κ2) is 4.90. The lowest BCUT2D eigenvalue weighted by Crippen LogP contribution is -2.17. The molecule has 0 aliphatic rings. The fourth-order valence-electron chi connectivity index (χ4n) is 1.54. The molecule has 0 saturated heterocycles. The molecule has 0 amide bonds. The van der Waals surface area contributed by atoms with E-state index in [9.17, 15) is 0 Å². The van der Waals surface area contributed by atoms with Gasteiger partial charge in [0.15, 0.2) is 0 Å². The quantitative estimate of drug-likeness (QED) is 0.762. The lowest BCUT2D eigenvalue weighted by Gasteiger charge is -2.06. The van der Waals surface area contributed by atoms with Gasteiger partial charge in [-0.15, -0.1) is 0 Å². The zero-order valence-electron chi connectivity index (χ0n) is 9.62.